The summed E-state index contributed by atoms with van der Waals surface area (Å²) in [7, 11) is 0. The second kappa shape index (κ2) is 21.0. The van der Waals surface area contributed by atoms with Crippen molar-refractivity contribution < 1.29 is 42.6 Å². The average Bonchev–Trinajstić information content (AvgIpc) is 3.25. The third-order valence-electron chi connectivity index (χ3n) is 10.7. The molecular formula is C45H53N3O9. The molecule has 4 aromatic carbocycles. The summed E-state index contributed by atoms with van der Waals surface area (Å²) in [5, 5.41) is 3.67. The van der Waals surface area contributed by atoms with E-state index in [1.54, 1.807) is 0 Å². The topological polar surface area (TPSA) is 132 Å². The van der Waals surface area contributed by atoms with Crippen LogP contribution in [0.25, 0.3) is 10.4 Å². The standard InChI is InChI=1S/C45H53N3O9/c1-31-39(57-45-42(52-28-35-20-11-5-12-21-35)32(2)40-38(55-45)30-53-43(56-40)36-22-13-6-14-23-36)37(29-49-26-33-16-7-3-8-17-33)54-44(50-25-15-24-47-48-46)41(31)51-27-34-18-9-4-10-19-34/h3-14,16-23,31-32,37-45H,15,24-30H2,1-2H3/t31?,32-,37-,38?,39-,40+,41?,42?,43?,44+,45-/m0/s1. The summed E-state index contributed by atoms with van der Waals surface area (Å²) in [4.78, 5) is 2.87. The zero-order valence-corrected chi connectivity index (χ0v) is 32.6. The van der Waals surface area contributed by atoms with Crippen molar-refractivity contribution in [2.75, 3.05) is 26.4 Å². The van der Waals surface area contributed by atoms with Gasteiger partial charge in [0.05, 0.1) is 45.2 Å². The van der Waals surface area contributed by atoms with E-state index in [0.717, 1.165) is 22.3 Å². The van der Waals surface area contributed by atoms with E-state index in [-0.39, 0.29) is 24.5 Å². The number of rotatable bonds is 18. The Kier molecular flexibility index (Phi) is 15.1. The number of benzene rings is 4. The van der Waals surface area contributed by atoms with Crippen molar-refractivity contribution in [1.82, 2.24) is 0 Å². The van der Waals surface area contributed by atoms with Crippen LogP contribution >= 0.6 is 0 Å². The van der Waals surface area contributed by atoms with Crippen molar-refractivity contribution >= 4 is 0 Å². The smallest absolute Gasteiger partial charge is 0.185 e. The Morgan fingerprint density at radius 1 is 0.649 bits per heavy atom. The molecule has 302 valence electrons. The van der Waals surface area contributed by atoms with Crippen molar-refractivity contribution in [3.8, 4) is 0 Å². The molecule has 0 bridgehead atoms. The van der Waals surface area contributed by atoms with E-state index in [1.165, 1.54) is 0 Å². The van der Waals surface area contributed by atoms with Gasteiger partial charge in [-0.2, -0.15) is 0 Å². The monoisotopic (exact) mass is 779 g/mol. The first kappa shape index (κ1) is 41.0. The minimum Gasteiger partial charge on any atom is -0.374 e. The molecule has 12 heteroatoms. The Morgan fingerprint density at radius 2 is 1.23 bits per heavy atom. The zero-order chi connectivity index (χ0) is 39.2. The fourth-order valence-electron chi connectivity index (χ4n) is 7.68. The minimum absolute atomic E-state index is 0.127. The number of hydrogen-bond acceptors (Lipinski definition) is 10. The first-order chi connectivity index (χ1) is 28.1. The van der Waals surface area contributed by atoms with Gasteiger partial charge >= 0.3 is 0 Å². The summed E-state index contributed by atoms with van der Waals surface area (Å²) in [5.41, 5.74) is 12.9. The number of azide groups is 1. The molecule has 11 atom stereocenters. The van der Waals surface area contributed by atoms with Crippen LogP contribution < -0.4 is 0 Å². The molecule has 4 aromatic rings. The highest BCUT2D eigenvalue weighted by Gasteiger charge is 2.53. The summed E-state index contributed by atoms with van der Waals surface area (Å²) in [6.45, 7) is 6.52. The highest BCUT2D eigenvalue weighted by atomic mass is 16.8. The van der Waals surface area contributed by atoms with Gasteiger partial charge < -0.3 is 42.6 Å². The molecule has 0 aliphatic carbocycles. The Hall–Kier alpha value is -4.17. The predicted molar refractivity (Wildman–Crippen MR) is 211 cm³/mol. The van der Waals surface area contributed by atoms with Gasteiger partial charge in [-0.15, -0.1) is 0 Å². The molecule has 0 amide bonds. The minimum atomic E-state index is -0.797. The van der Waals surface area contributed by atoms with E-state index in [9.17, 15) is 0 Å². The Balaban J connectivity index is 1.14. The summed E-state index contributed by atoms with van der Waals surface area (Å²) in [5.74, 6) is -0.375. The molecule has 5 unspecified atom stereocenters. The van der Waals surface area contributed by atoms with Crippen molar-refractivity contribution in [3.63, 3.8) is 0 Å². The van der Waals surface area contributed by atoms with Gasteiger partial charge in [0.2, 0.25) is 0 Å². The second-order valence-electron chi connectivity index (χ2n) is 14.8. The van der Waals surface area contributed by atoms with Crippen molar-refractivity contribution in [1.29, 1.82) is 0 Å². The molecule has 3 aliphatic rings. The summed E-state index contributed by atoms with van der Waals surface area (Å²) < 4.78 is 59.6. The lowest BCUT2D eigenvalue weighted by Gasteiger charge is -2.51. The normalized spacial score (nSPS) is 29.9. The van der Waals surface area contributed by atoms with Gasteiger partial charge in [0.15, 0.2) is 18.9 Å². The second-order valence-corrected chi connectivity index (χ2v) is 14.8. The molecule has 0 saturated carbocycles. The van der Waals surface area contributed by atoms with Crippen LogP contribution in [-0.4, -0.2) is 75.6 Å². The maximum absolute atomic E-state index is 8.79. The average molecular weight is 780 g/mol. The van der Waals surface area contributed by atoms with Crippen LogP contribution in [-0.2, 0) is 62.5 Å². The SMILES string of the molecule is CC1C(OCc2ccccc2)[C@H](OCCCN=[N+]=[N-])O[C@@H](COCc2ccccc2)[C@H]1O[C@@H]1OC2COC(c3ccccc3)O[C@@H]2[C@H](C)C1OCc1ccccc1. The highest BCUT2D eigenvalue weighted by molar-refractivity contribution is 5.17. The Bertz CT molecular complexity index is 1800. The first-order valence-electron chi connectivity index (χ1n) is 19.9. The van der Waals surface area contributed by atoms with Crippen molar-refractivity contribution in [2.24, 2.45) is 17.0 Å². The lowest BCUT2D eigenvalue weighted by molar-refractivity contribution is -0.382. The van der Waals surface area contributed by atoms with Crippen LogP contribution in [0.4, 0.5) is 0 Å². The Labute approximate surface area is 334 Å². The van der Waals surface area contributed by atoms with Gasteiger partial charge in [0.25, 0.3) is 0 Å². The fourth-order valence-corrected chi connectivity index (χ4v) is 7.68. The highest BCUT2D eigenvalue weighted by Crippen LogP contribution is 2.41. The van der Waals surface area contributed by atoms with Crippen LogP contribution in [0.5, 0.6) is 0 Å². The van der Waals surface area contributed by atoms with Gasteiger partial charge in [-0.3, -0.25) is 0 Å². The molecular weight excluding hydrogens is 727 g/mol. The number of fused-ring (bicyclic) bond motifs is 1. The van der Waals surface area contributed by atoms with Crippen LogP contribution in [0.2, 0.25) is 0 Å². The van der Waals surface area contributed by atoms with E-state index in [1.807, 2.05) is 121 Å². The summed E-state index contributed by atoms with van der Waals surface area (Å²) >= 11 is 0. The fraction of sp³-hybridized carbons (Fsp3) is 0.467. The van der Waals surface area contributed by atoms with Crippen LogP contribution in [0.15, 0.2) is 126 Å². The molecule has 7 rings (SSSR count). The largest absolute Gasteiger partial charge is 0.374 e. The lowest BCUT2D eigenvalue weighted by atomic mass is 9.88. The lowest BCUT2D eigenvalue weighted by Crippen LogP contribution is -2.63. The van der Waals surface area contributed by atoms with Crippen LogP contribution in [0.3, 0.4) is 0 Å². The van der Waals surface area contributed by atoms with E-state index in [4.69, 9.17) is 48.2 Å². The molecule has 0 radical (unpaired) electrons. The van der Waals surface area contributed by atoms with Gasteiger partial charge in [0, 0.05) is 35.5 Å². The van der Waals surface area contributed by atoms with Gasteiger partial charge in [-0.25, -0.2) is 0 Å². The van der Waals surface area contributed by atoms with E-state index >= 15 is 0 Å². The zero-order valence-electron chi connectivity index (χ0n) is 32.6. The maximum atomic E-state index is 8.79. The quantitative estimate of drug-likeness (QED) is 0.0423. The predicted octanol–water partition coefficient (Wildman–Crippen LogP) is 8.31. The molecule has 3 heterocycles. The molecule has 3 aliphatic heterocycles. The molecule has 3 saturated heterocycles. The summed E-state index contributed by atoms with van der Waals surface area (Å²) in [6.07, 6.45) is -4.36. The molecule has 0 aromatic heterocycles. The number of nitrogens with zero attached hydrogens (tertiary/aromatic N) is 3. The number of hydrogen-bond donors (Lipinski definition) is 0. The molecule has 0 N–H and O–H groups in total. The van der Waals surface area contributed by atoms with Gasteiger partial charge in [0.1, 0.15) is 24.4 Å². The molecule has 57 heavy (non-hydrogen) atoms. The van der Waals surface area contributed by atoms with Crippen LogP contribution in [0, 0.1) is 11.8 Å². The van der Waals surface area contributed by atoms with E-state index < -0.39 is 49.4 Å². The maximum Gasteiger partial charge on any atom is 0.185 e. The van der Waals surface area contributed by atoms with Gasteiger partial charge in [-0.1, -0.05) is 140 Å². The van der Waals surface area contributed by atoms with Crippen molar-refractivity contribution in [2.45, 2.75) is 95.6 Å². The molecule has 12 nitrogen and oxygen atoms in total. The molecule has 3 fully saturated rings. The van der Waals surface area contributed by atoms with E-state index in [2.05, 4.69) is 23.9 Å². The third kappa shape index (κ3) is 11.1. The number of ether oxygens (including phenoxy) is 9. The third-order valence-corrected chi connectivity index (χ3v) is 10.7. The van der Waals surface area contributed by atoms with Crippen LogP contribution in [0.1, 0.15) is 48.8 Å². The van der Waals surface area contributed by atoms with E-state index in [0.29, 0.717) is 46.0 Å². The first-order valence-corrected chi connectivity index (χ1v) is 19.9. The van der Waals surface area contributed by atoms with Gasteiger partial charge in [-0.05, 0) is 28.6 Å². The Morgan fingerprint density at radius 3 is 1.84 bits per heavy atom. The van der Waals surface area contributed by atoms with Crippen molar-refractivity contribution in [3.05, 3.63) is 154 Å². The molecule has 0 spiro atoms. The summed E-state index contributed by atoms with van der Waals surface area (Å²) in [6, 6.07) is 40.0.